The number of nitrogens with one attached hydrogen (secondary N) is 3. The van der Waals surface area contributed by atoms with Gasteiger partial charge >= 0.3 is 6.03 Å². The molecule has 0 aliphatic heterocycles. The zero-order valence-electron chi connectivity index (χ0n) is 16.4. The molecule has 152 valence electrons. The number of rotatable bonds is 12. The molecule has 1 aromatic heterocycles. The second-order valence-electron chi connectivity index (χ2n) is 6.83. The number of primary amides is 1. The van der Waals surface area contributed by atoms with Crippen molar-refractivity contribution in [2.24, 2.45) is 5.73 Å². The summed E-state index contributed by atoms with van der Waals surface area (Å²) in [5.41, 5.74) is 6.53. The van der Waals surface area contributed by atoms with Gasteiger partial charge in [0.25, 0.3) is 0 Å². The van der Waals surface area contributed by atoms with Gasteiger partial charge in [-0.3, -0.25) is 4.79 Å². The number of hydrogen-bond acceptors (Lipinski definition) is 4. The van der Waals surface area contributed by atoms with E-state index >= 15 is 0 Å². The van der Waals surface area contributed by atoms with Crippen LogP contribution in [0.1, 0.15) is 62.3 Å². The molecule has 1 atom stereocenters. The number of aryl methyl sites for hydroxylation is 2. The Morgan fingerprint density at radius 3 is 2.61 bits per heavy atom. The second kappa shape index (κ2) is 11.7. The number of aromatic amines is 1. The molecule has 2 aromatic rings. The first kappa shape index (κ1) is 21.4. The van der Waals surface area contributed by atoms with E-state index in [1.807, 2.05) is 18.2 Å². The van der Waals surface area contributed by atoms with Gasteiger partial charge in [0, 0.05) is 13.0 Å². The van der Waals surface area contributed by atoms with E-state index in [9.17, 15) is 9.59 Å². The average molecular weight is 387 g/mol. The summed E-state index contributed by atoms with van der Waals surface area (Å²) in [5, 5.41) is 13.8. The summed E-state index contributed by atoms with van der Waals surface area (Å²) in [6.45, 7) is 2.73. The number of hydrogen-bond donors (Lipinski definition) is 4. The highest BCUT2D eigenvalue weighted by Crippen LogP contribution is 2.13. The van der Waals surface area contributed by atoms with E-state index in [1.54, 1.807) is 0 Å². The van der Waals surface area contributed by atoms with E-state index in [4.69, 9.17) is 5.73 Å². The summed E-state index contributed by atoms with van der Waals surface area (Å²) in [6.07, 6.45) is 5.76. The van der Waals surface area contributed by atoms with Crippen molar-refractivity contribution in [3.8, 4) is 0 Å². The molecule has 0 unspecified atom stereocenters. The van der Waals surface area contributed by atoms with Crippen LogP contribution in [-0.4, -0.2) is 33.7 Å². The van der Waals surface area contributed by atoms with E-state index in [0.717, 1.165) is 32.1 Å². The molecule has 0 saturated heterocycles. The summed E-state index contributed by atoms with van der Waals surface area (Å²) < 4.78 is 0. The van der Waals surface area contributed by atoms with Gasteiger partial charge in [0.2, 0.25) is 5.91 Å². The van der Waals surface area contributed by atoms with Crippen molar-refractivity contribution in [3.05, 3.63) is 47.5 Å². The Morgan fingerprint density at radius 1 is 1.11 bits per heavy atom. The molecule has 28 heavy (non-hydrogen) atoms. The lowest BCUT2D eigenvalue weighted by Crippen LogP contribution is -2.40. The number of aromatic nitrogens is 3. The Labute approximate surface area is 165 Å². The summed E-state index contributed by atoms with van der Waals surface area (Å²) in [6, 6.07) is 9.10. The average Bonchev–Trinajstić information content (AvgIpc) is 3.15. The van der Waals surface area contributed by atoms with Crippen LogP contribution >= 0.6 is 0 Å². The highest BCUT2D eigenvalue weighted by Gasteiger charge is 2.21. The molecule has 5 N–H and O–H groups in total. The largest absolute Gasteiger partial charge is 0.370 e. The SMILES string of the molecule is CCCCCCNC(=O)N[C@H](CC(N)=O)c1nnc(CCc2ccccc2)[nH]1. The Hall–Kier alpha value is -2.90. The lowest BCUT2D eigenvalue weighted by Gasteiger charge is -2.15. The number of H-pyrrole nitrogens is 1. The molecular weight excluding hydrogens is 356 g/mol. The molecule has 0 radical (unpaired) electrons. The fourth-order valence-corrected chi connectivity index (χ4v) is 2.87. The molecule has 8 heteroatoms. The first-order chi connectivity index (χ1) is 13.6. The normalized spacial score (nSPS) is 11.8. The quantitative estimate of drug-likeness (QED) is 0.418. The monoisotopic (exact) mass is 386 g/mol. The number of urea groups is 1. The Balaban J connectivity index is 1.88. The fourth-order valence-electron chi connectivity index (χ4n) is 2.87. The standard InChI is InChI=1S/C20H30N6O2/c1-2-3-4-8-13-22-20(28)23-16(14-17(21)27)19-24-18(25-26-19)12-11-15-9-6-5-7-10-15/h5-7,9-10,16H,2-4,8,11-14H2,1H3,(H2,21,27)(H2,22,23,28)(H,24,25,26)/t16-/m1/s1. The predicted molar refractivity (Wildman–Crippen MR) is 107 cm³/mol. The summed E-state index contributed by atoms with van der Waals surface area (Å²) >= 11 is 0. The van der Waals surface area contributed by atoms with Crippen molar-refractivity contribution in [2.45, 2.75) is 57.9 Å². The molecule has 0 spiro atoms. The van der Waals surface area contributed by atoms with Crippen molar-refractivity contribution >= 4 is 11.9 Å². The predicted octanol–water partition coefficient (Wildman–Crippen LogP) is 2.39. The molecule has 0 aliphatic carbocycles. The van der Waals surface area contributed by atoms with Crippen LogP contribution in [0.15, 0.2) is 30.3 Å². The first-order valence-electron chi connectivity index (χ1n) is 9.86. The maximum Gasteiger partial charge on any atom is 0.315 e. The van der Waals surface area contributed by atoms with Crippen LogP contribution in [0, 0.1) is 0 Å². The van der Waals surface area contributed by atoms with E-state index in [0.29, 0.717) is 24.6 Å². The number of carbonyl (C=O) groups excluding carboxylic acids is 2. The Morgan fingerprint density at radius 2 is 1.89 bits per heavy atom. The van der Waals surface area contributed by atoms with Crippen LogP contribution < -0.4 is 16.4 Å². The third-order valence-corrected chi connectivity index (χ3v) is 4.40. The van der Waals surface area contributed by atoms with Crippen molar-refractivity contribution in [1.82, 2.24) is 25.8 Å². The van der Waals surface area contributed by atoms with Gasteiger partial charge in [0.15, 0.2) is 5.82 Å². The molecule has 0 aliphatic rings. The maximum atomic E-state index is 12.1. The number of benzene rings is 1. The summed E-state index contributed by atoms with van der Waals surface area (Å²) in [7, 11) is 0. The molecule has 1 aromatic carbocycles. The fraction of sp³-hybridized carbons (Fsp3) is 0.500. The van der Waals surface area contributed by atoms with Gasteiger partial charge in [-0.1, -0.05) is 56.5 Å². The van der Waals surface area contributed by atoms with Crippen molar-refractivity contribution in [1.29, 1.82) is 0 Å². The minimum Gasteiger partial charge on any atom is -0.370 e. The van der Waals surface area contributed by atoms with Crippen molar-refractivity contribution < 1.29 is 9.59 Å². The number of nitrogens with two attached hydrogens (primary N) is 1. The van der Waals surface area contributed by atoms with E-state index in [1.165, 1.54) is 5.56 Å². The topological polar surface area (TPSA) is 126 Å². The van der Waals surface area contributed by atoms with Crippen LogP contribution in [0.4, 0.5) is 4.79 Å². The smallest absolute Gasteiger partial charge is 0.315 e. The second-order valence-corrected chi connectivity index (χ2v) is 6.83. The van der Waals surface area contributed by atoms with E-state index in [2.05, 4.69) is 44.9 Å². The third kappa shape index (κ3) is 7.77. The van der Waals surface area contributed by atoms with Crippen molar-refractivity contribution in [2.75, 3.05) is 6.54 Å². The van der Waals surface area contributed by atoms with Crippen molar-refractivity contribution in [3.63, 3.8) is 0 Å². The van der Waals surface area contributed by atoms with Gasteiger partial charge < -0.3 is 21.4 Å². The molecule has 1 heterocycles. The van der Waals surface area contributed by atoms with Gasteiger partial charge in [-0.2, -0.15) is 0 Å². The Bertz CT molecular complexity index is 731. The van der Waals surface area contributed by atoms with Gasteiger partial charge in [-0.15, -0.1) is 10.2 Å². The number of amides is 3. The van der Waals surface area contributed by atoms with Crippen LogP contribution in [-0.2, 0) is 17.6 Å². The van der Waals surface area contributed by atoms with Crippen LogP contribution in [0.2, 0.25) is 0 Å². The van der Waals surface area contributed by atoms with Gasteiger partial charge in [-0.25, -0.2) is 4.79 Å². The van der Waals surface area contributed by atoms with E-state index in [-0.39, 0.29) is 12.5 Å². The molecule has 2 rings (SSSR count). The van der Waals surface area contributed by atoms with Gasteiger partial charge in [0.05, 0.1) is 12.5 Å². The first-order valence-corrected chi connectivity index (χ1v) is 9.86. The minimum atomic E-state index is -0.633. The minimum absolute atomic E-state index is 0.0451. The molecule has 3 amide bonds. The highest BCUT2D eigenvalue weighted by molar-refractivity contribution is 5.77. The molecular formula is C20H30N6O2. The Kier molecular flexibility index (Phi) is 8.97. The summed E-state index contributed by atoms with van der Waals surface area (Å²) in [5.74, 6) is 0.619. The number of nitrogens with zero attached hydrogens (tertiary/aromatic N) is 2. The highest BCUT2D eigenvalue weighted by atomic mass is 16.2. The molecule has 0 bridgehead atoms. The molecule has 0 fully saturated rings. The van der Waals surface area contributed by atoms with Crippen LogP contribution in [0.3, 0.4) is 0 Å². The molecule has 8 nitrogen and oxygen atoms in total. The number of unbranched alkanes of at least 4 members (excludes halogenated alkanes) is 3. The summed E-state index contributed by atoms with van der Waals surface area (Å²) in [4.78, 5) is 26.6. The number of carbonyl (C=O) groups is 2. The molecule has 0 saturated carbocycles. The van der Waals surface area contributed by atoms with E-state index < -0.39 is 11.9 Å². The van der Waals surface area contributed by atoms with Crippen LogP contribution in [0.25, 0.3) is 0 Å². The van der Waals surface area contributed by atoms with Gasteiger partial charge in [0.1, 0.15) is 5.82 Å². The zero-order valence-corrected chi connectivity index (χ0v) is 16.4. The zero-order chi connectivity index (χ0) is 20.2. The third-order valence-electron chi connectivity index (χ3n) is 4.40. The van der Waals surface area contributed by atoms with Gasteiger partial charge in [-0.05, 0) is 18.4 Å². The van der Waals surface area contributed by atoms with Crippen LogP contribution in [0.5, 0.6) is 0 Å². The lowest BCUT2D eigenvalue weighted by molar-refractivity contribution is -0.118. The lowest BCUT2D eigenvalue weighted by atomic mass is 10.1. The maximum absolute atomic E-state index is 12.1.